The second kappa shape index (κ2) is 4.66. The van der Waals surface area contributed by atoms with Crippen molar-refractivity contribution in [2.45, 2.75) is 19.3 Å². The standard InChI is InChI=1S/C3H7NO4.BrH/c1-2(5)3(6)4(7)8;/h2-3,5-6H,1H3;1H. The van der Waals surface area contributed by atoms with Gasteiger partial charge in [-0.3, -0.25) is 10.1 Å². The van der Waals surface area contributed by atoms with Crippen LogP contribution in [-0.4, -0.2) is 27.5 Å². The molecule has 0 rings (SSSR count). The van der Waals surface area contributed by atoms with Crippen LogP contribution in [0.15, 0.2) is 0 Å². The summed E-state index contributed by atoms with van der Waals surface area (Å²) in [6.07, 6.45) is -3.15. The molecule has 56 valence electrons. The Kier molecular flexibility index (Phi) is 5.99. The van der Waals surface area contributed by atoms with E-state index >= 15 is 0 Å². The van der Waals surface area contributed by atoms with Gasteiger partial charge in [-0.25, -0.2) is 0 Å². The highest BCUT2D eigenvalue weighted by molar-refractivity contribution is 8.93. The molecule has 0 amide bonds. The number of aliphatic hydroxyl groups is 2. The summed E-state index contributed by atoms with van der Waals surface area (Å²) in [5, 5.41) is 26.1. The van der Waals surface area contributed by atoms with Gasteiger partial charge in [0, 0.05) is 0 Å². The third-order valence-corrected chi connectivity index (χ3v) is 0.647. The average Bonchev–Trinajstić information content (AvgIpc) is 1.64. The van der Waals surface area contributed by atoms with Crippen LogP contribution >= 0.6 is 17.0 Å². The first-order chi connectivity index (χ1) is 3.55. The Morgan fingerprint density at radius 1 is 1.56 bits per heavy atom. The van der Waals surface area contributed by atoms with E-state index in [0.717, 1.165) is 6.92 Å². The van der Waals surface area contributed by atoms with Crippen molar-refractivity contribution in [1.29, 1.82) is 0 Å². The molecule has 0 aromatic heterocycles. The van der Waals surface area contributed by atoms with Crippen molar-refractivity contribution in [3.05, 3.63) is 10.1 Å². The molecule has 0 bridgehead atoms. The second-order valence-corrected chi connectivity index (χ2v) is 1.44. The summed E-state index contributed by atoms with van der Waals surface area (Å²) in [6, 6.07) is 0. The number of nitro groups is 1. The van der Waals surface area contributed by atoms with E-state index in [-0.39, 0.29) is 17.0 Å². The molecular formula is C3H8BrNO4. The van der Waals surface area contributed by atoms with Crippen LogP contribution in [0.3, 0.4) is 0 Å². The Balaban J connectivity index is 0. The maximum absolute atomic E-state index is 9.54. The molecule has 9 heavy (non-hydrogen) atoms. The van der Waals surface area contributed by atoms with Crippen LogP contribution in [0.25, 0.3) is 0 Å². The first-order valence-corrected chi connectivity index (χ1v) is 2.05. The summed E-state index contributed by atoms with van der Waals surface area (Å²) >= 11 is 0. The zero-order chi connectivity index (χ0) is 6.73. The topological polar surface area (TPSA) is 83.6 Å². The molecule has 0 saturated heterocycles. The normalized spacial score (nSPS) is 15.4. The average molecular weight is 202 g/mol. The van der Waals surface area contributed by atoms with Gasteiger partial charge in [0.2, 0.25) is 0 Å². The van der Waals surface area contributed by atoms with Gasteiger partial charge >= 0.3 is 6.23 Å². The summed E-state index contributed by atoms with van der Waals surface area (Å²) in [4.78, 5) is 8.58. The lowest BCUT2D eigenvalue weighted by molar-refractivity contribution is -0.581. The molecule has 2 unspecified atom stereocenters. The van der Waals surface area contributed by atoms with E-state index in [9.17, 15) is 10.1 Å². The minimum absolute atomic E-state index is 0. The summed E-state index contributed by atoms with van der Waals surface area (Å²) in [5.41, 5.74) is 0. The van der Waals surface area contributed by atoms with Gasteiger partial charge in [-0.2, -0.15) is 0 Å². The van der Waals surface area contributed by atoms with Crippen molar-refractivity contribution in [3.8, 4) is 0 Å². The minimum atomic E-state index is -1.85. The summed E-state index contributed by atoms with van der Waals surface area (Å²) in [7, 11) is 0. The molecule has 6 heteroatoms. The van der Waals surface area contributed by atoms with E-state index in [2.05, 4.69) is 0 Å². The monoisotopic (exact) mass is 201 g/mol. The van der Waals surface area contributed by atoms with Crippen molar-refractivity contribution < 1.29 is 15.1 Å². The lowest BCUT2D eigenvalue weighted by atomic mass is 10.4. The van der Waals surface area contributed by atoms with Gasteiger partial charge in [0.1, 0.15) is 6.10 Å². The predicted molar refractivity (Wildman–Crippen MR) is 35.0 cm³/mol. The first kappa shape index (κ1) is 11.6. The summed E-state index contributed by atoms with van der Waals surface area (Å²) in [5.74, 6) is 0. The second-order valence-electron chi connectivity index (χ2n) is 1.44. The van der Waals surface area contributed by atoms with Crippen LogP contribution in [0, 0.1) is 10.1 Å². The molecule has 0 radical (unpaired) electrons. The molecule has 0 heterocycles. The van der Waals surface area contributed by atoms with E-state index < -0.39 is 17.3 Å². The number of halogens is 1. The van der Waals surface area contributed by atoms with Crippen molar-refractivity contribution in [2.24, 2.45) is 0 Å². The van der Waals surface area contributed by atoms with Crippen molar-refractivity contribution in [1.82, 2.24) is 0 Å². The van der Waals surface area contributed by atoms with Gasteiger partial charge in [-0.1, -0.05) is 0 Å². The van der Waals surface area contributed by atoms with Gasteiger partial charge in [0.15, 0.2) is 0 Å². The van der Waals surface area contributed by atoms with Crippen LogP contribution in [0.1, 0.15) is 6.92 Å². The zero-order valence-electron chi connectivity index (χ0n) is 4.72. The molecule has 0 fully saturated rings. The molecule has 2 atom stereocenters. The maximum Gasteiger partial charge on any atom is 0.338 e. The number of hydrogen-bond donors (Lipinski definition) is 2. The molecule has 0 spiro atoms. The van der Waals surface area contributed by atoms with Gasteiger partial charge in [0.25, 0.3) is 0 Å². The number of rotatable bonds is 2. The largest absolute Gasteiger partial charge is 0.383 e. The Hall–Kier alpha value is -0.200. The molecule has 2 N–H and O–H groups in total. The maximum atomic E-state index is 9.54. The minimum Gasteiger partial charge on any atom is -0.383 e. The molecule has 0 saturated carbocycles. The number of aliphatic hydroxyl groups excluding tert-OH is 2. The van der Waals surface area contributed by atoms with Crippen LogP contribution in [0.2, 0.25) is 0 Å². The van der Waals surface area contributed by atoms with E-state index in [4.69, 9.17) is 10.2 Å². The van der Waals surface area contributed by atoms with Crippen LogP contribution in [0.4, 0.5) is 0 Å². The summed E-state index contributed by atoms with van der Waals surface area (Å²) < 4.78 is 0. The third kappa shape index (κ3) is 4.31. The number of hydrogen-bond acceptors (Lipinski definition) is 4. The zero-order valence-corrected chi connectivity index (χ0v) is 6.43. The van der Waals surface area contributed by atoms with E-state index in [1.165, 1.54) is 0 Å². The fourth-order valence-electron chi connectivity index (χ4n) is 0.176. The highest BCUT2D eigenvalue weighted by Crippen LogP contribution is 1.90. The van der Waals surface area contributed by atoms with E-state index in [0.29, 0.717) is 0 Å². The summed E-state index contributed by atoms with van der Waals surface area (Å²) in [6.45, 7) is 1.15. The van der Waals surface area contributed by atoms with Crippen molar-refractivity contribution in [3.63, 3.8) is 0 Å². The molecule has 0 aliphatic heterocycles. The fraction of sp³-hybridized carbons (Fsp3) is 1.00. The molecule has 0 aliphatic carbocycles. The van der Waals surface area contributed by atoms with Gasteiger partial charge < -0.3 is 10.2 Å². The molecule has 0 aromatic rings. The Morgan fingerprint density at radius 2 is 1.89 bits per heavy atom. The Labute approximate surface area is 62.2 Å². The first-order valence-electron chi connectivity index (χ1n) is 2.05. The molecule has 0 aliphatic rings. The smallest absolute Gasteiger partial charge is 0.338 e. The van der Waals surface area contributed by atoms with Gasteiger partial charge in [-0.15, -0.1) is 17.0 Å². The van der Waals surface area contributed by atoms with Crippen molar-refractivity contribution in [2.75, 3.05) is 0 Å². The van der Waals surface area contributed by atoms with E-state index in [1.54, 1.807) is 0 Å². The number of nitrogens with zero attached hydrogens (tertiary/aromatic N) is 1. The van der Waals surface area contributed by atoms with Gasteiger partial charge in [0.05, 0.1) is 4.92 Å². The lowest BCUT2D eigenvalue weighted by Crippen LogP contribution is -2.30. The Morgan fingerprint density at radius 3 is 1.89 bits per heavy atom. The molecule has 0 aromatic carbocycles. The quantitative estimate of drug-likeness (QED) is 0.360. The fourth-order valence-corrected chi connectivity index (χ4v) is 0.176. The third-order valence-electron chi connectivity index (χ3n) is 0.647. The van der Waals surface area contributed by atoms with Gasteiger partial charge in [-0.05, 0) is 6.92 Å². The van der Waals surface area contributed by atoms with Crippen LogP contribution in [-0.2, 0) is 0 Å². The highest BCUT2D eigenvalue weighted by atomic mass is 79.9. The highest BCUT2D eigenvalue weighted by Gasteiger charge is 2.20. The van der Waals surface area contributed by atoms with E-state index in [1.807, 2.05) is 0 Å². The molecular weight excluding hydrogens is 194 g/mol. The SMILES string of the molecule is Br.CC(O)C(O)[N+](=O)[O-]. The predicted octanol–water partition coefficient (Wildman–Crippen LogP) is -0.460. The molecule has 5 nitrogen and oxygen atoms in total. The van der Waals surface area contributed by atoms with Crippen LogP contribution in [0.5, 0.6) is 0 Å². The lowest BCUT2D eigenvalue weighted by Gasteiger charge is -2.02. The Bertz CT molecular complexity index is 95.8. The van der Waals surface area contributed by atoms with Crippen LogP contribution < -0.4 is 0 Å². The van der Waals surface area contributed by atoms with Crippen molar-refractivity contribution >= 4 is 17.0 Å².